The zero-order valence-electron chi connectivity index (χ0n) is 7.01. The number of likely N-dealkylation sites (tertiary alicyclic amines) is 1. The Balaban J connectivity index is 2.23. The summed E-state index contributed by atoms with van der Waals surface area (Å²) in [6.07, 6.45) is -0.0801. The van der Waals surface area contributed by atoms with E-state index in [1.807, 2.05) is 11.9 Å². The Morgan fingerprint density at radius 1 is 1.73 bits per heavy atom. The molecule has 2 atom stereocenters. The van der Waals surface area contributed by atoms with Crippen LogP contribution in [0, 0.1) is 0 Å². The van der Waals surface area contributed by atoms with Gasteiger partial charge < -0.3 is 4.84 Å². The van der Waals surface area contributed by atoms with Crippen LogP contribution < -0.4 is 5.48 Å². The lowest BCUT2D eigenvalue weighted by molar-refractivity contribution is 0.0250. The maximum Gasteiger partial charge on any atom is 0.114 e. The lowest BCUT2D eigenvalue weighted by Gasteiger charge is -2.17. The van der Waals surface area contributed by atoms with Crippen LogP contribution in [-0.4, -0.2) is 44.4 Å². The molecule has 1 rings (SSSR count). The average molecular weight is 162 g/mol. The van der Waals surface area contributed by atoms with Crippen LogP contribution in [0.4, 0.5) is 4.39 Å². The molecule has 1 aliphatic heterocycles. The minimum atomic E-state index is -0.676. The van der Waals surface area contributed by atoms with Crippen molar-refractivity contribution in [3.05, 3.63) is 0 Å². The quantitative estimate of drug-likeness (QED) is 0.599. The number of alkyl halides is 1. The second-order valence-corrected chi connectivity index (χ2v) is 2.94. The number of hydrogen-bond acceptors (Lipinski definition) is 3. The van der Waals surface area contributed by atoms with Crippen LogP contribution in [0.1, 0.15) is 6.42 Å². The Hall–Kier alpha value is -0.190. The van der Waals surface area contributed by atoms with Crippen LogP contribution in [0.15, 0.2) is 0 Å². The fourth-order valence-electron chi connectivity index (χ4n) is 1.39. The summed E-state index contributed by atoms with van der Waals surface area (Å²) in [4.78, 5) is 6.97. The van der Waals surface area contributed by atoms with Gasteiger partial charge in [-0.2, -0.15) is 0 Å². The number of rotatable bonds is 3. The maximum absolute atomic E-state index is 12.7. The molecule has 1 saturated heterocycles. The minimum Gasteiger partial charge on any atom is -0.300 e. The first-order chi connectivity index (χ1) is 5.24. The third-order valence-electron chi connectivity index (χ3n) is 2.06. The third kappa shape index (κ3) is 2.39. The van der Waals surface area contributed by atoms with Crippen LogP contribution in [0.3, 0.4) is 0 Å². The lowest BCUT2D eigenvalue weighted by Crippen LogP contribution is -2.31. The molecule has 0 aromatic rings. The number of halogens is 1. The van der Waals surface area contributed by atoms with Crippen LogP contribution >= 0.6 is 0 Å². The molecule has 1 N–H and O–H groups in total. The molecule has 66 valence electrons. The first-order valence-electron chi connectivity index (χ1n) is 3.87. The maximum atomic E-state index is 12.7. The predicted octanol–water partition coefficient (Wildman–Crippen LogP) is 0.180. The molecule has 1 heterocycles. The second kappa shape index (κ2) is 3.99. The van der Waals surface area contributed by atoms with E-state index in [0.717, 1.165) is 0 Å². The Bertz CT molecular complexity index is 123. The van der Waals surface area contributed by atoms with E-state index in [0.29, 0.717) is 19.6 Å². The van der Waals surface area contributed by atoms with E-state index in [1.54, 1.807) is 7.05 Å². The zero-order valence-corrected chi connectivity index (χ0v) is 7.01. The Kier molecular flexibility index (Phi) is 3.23. The van der Waals surface area contributed by atoms with E-state index in [1.165, 1.54) is 0 Å². The van der Waals surface area contributed by atoms with Gasteiger partial charge in [0.15, 0.2) is 0 Å². The lowest BCUT2D eigenvalue weighted by atomic mass is 10.2. The molecule has 1 fully saturated rings. The van der Waals surface area contributed by atoms with Crippen LogP contribution in [0.5, 0.6) is 0 Å². The Labute approximate surface area is 66.5 Å². The van der Waals surface area contributed by atoms with E-state index >= 15 is 0 Å². The molecule has 0 aromatic heterocycles. The van der Waals surface area contributed by atoms with Crippen molar-refractivity contribution in [3.8, 4) is 0 Å². The van der Waals surface area contributed by atoms with E-state index in [9.17, 15) is 4.39 Å². The largest absolute Gasteiger partial charge is 0.300 e. The van der Waals surface area contributed by atoms with Gasteiger partial charge in [0.1, 0.15) is 6.17 Å². The summed E-state index contributed by atoms with van der Waals surface area (Å²) in [5.74, 6) is 0. The molecule has 1 aliphatic rings. The molecule has 0 aliphatic carbocycles. The number of nitrogens with one attached hydrogen (secondary N) is 1. The van der Waals surface area contributed by atoms with Gasteiger partial charge in [-0.15, -0.1) is 0 Å². The number of hydroxylamine groups is 1. The van der Waals surface area contributed by atoms with Crippen LogP contribution in [-0.2, 0) is 4.84 Å². The van der Waals surface area contributed by atoms with Crippen molar-refractivity contribution >= 4 is 0 Å². The van der Waals surface area contributed by atoms with Gasteiger partial charge in [-0.25, -0.2) is 9.87 Å². The molecule has 1 unspecified atom stereocenters. The summed E-state index contributed by atoms with van der Waals surface area (Å²) in [6.45, 7) is 1.10. The molecular formula is C7H15FN2O. The number of hydrogen-bond donors (Lipinski definition) is 1. The molecular weight excluding hydrogens is 147 g/mol. The highest BCUT2D eigenvalue weighted by Crippen LogP contribution is 2.17. The van der Waals surface area contributed by atoms with Gasteiger partial charge in [0.25, 0.3) is 0 Å². The monoisotopic (exact) mass is 162 g/mol. The van der Waals surface area contributed by atoms with Crippen LogP contribution in [0.2, 0.25) is 0 Å². The molecule has 0 spiro atoms. The molecule has 0 amide bonds. The van der Waals surface area contributed by atoms with Gasteiger partial charge in [0.2, 0.25) is 0 Å². The molecule has 4 heteroatoms. The highest BCUT2D eigenvalue weighted by molar-refractivity contribution is 4.82. The molecule has 3 nitrogen and oxygen atoms in total. The highest BCUT2D eigenvalue weighted by atomic mass is 19.1. The normalized spacial score (nSPS) is 33.0. The van der Waals surface area contributed by atoms with Crippen molar-refractivity contribution in [1.29, 1.82) is 0 Å². The summed E-state index contributed by atoms with van der Waals surface area (Å²) < 4.78 is 12.7. The first kappa shape index (κ1) is 8.90. The summed E-state index contributed by atoms with van der Waals surface area (Å²) in [5, 5.41) is 0. The Morgan fingerprint density at radius 2 is 2.45 bits per heavy atom. The SMILES string of the molecule is CNOC[C@@H]1CC(F)CN1C. The molecule has 11 heavy (non-hydrogen) atoms. The van der Waals surface area contributed by atoms with Gasteiger partial charge in [0, 0.05) is 19.6 Å². The van der Waals surface area contributed by atoms with Gasteiger partial charge in [-0.3, -0.25) is 4.90 Å². The summed E-state index contributed by atoms with van der Waals surface area (Å²) in [7, 11) is 3.63. The second-order valence-electron chi connectivity index (χ2n) is 2.94. The van der Waals surface area contributed by atoms with Crippen molar-refractivity contribution in [1.82, 2.24) is 10.4 Å². The standard InChI is InChI=1S/C7H15FN2O/c1-9-11-5-7-3-6(8)4-10(7)2/h6-7,9H,3-5H2,1-2H3/t6?,7-/m0/s1. The topological polar surface area (TPSA) is 24.5 Å². The van der Waals surface area contributed by atoms with Gasteiger partial charge in [-0.1, -0.05) is 0 Å². The number of nitrogens with zero attached hydrogens (tertiary/aromatic N) is 1. The third-order valence-corrected chi connectivity index (χ3v) is 2.06. The molecule has 0 saturated carbocycles. The predicted molar refractivity (Wildman–Crippen MR) is 40.9 cm³/mol. The van der Waals surface area contributed by atoms with E-state index < -0.39 is 6.17 Å². The van der Waals surface area contributed by atoms with Gasteiger partial charge >= 0.3 is 0 Å². The Morgan fingerprint density at radius 3 is 2.91 bits per heavy atom. The molecule has 0 bridgehead atoms. The van der Waals surface area contributed by atoms with E-state index in [4.69, 9.17) is 4.84 Å². The molecule has 0 radical (unpaired) electrons. The smallest absolute Gasteiger partial charge is 0.114 e. The van der Waals surface area contributed by atoms with E-state index in [-0.39, 0.29) is 6.04 Å². The fraction of sp³-hybridized carbons (Fsp3) is 1.00. The minimum absolute atomic E-state index is 0.234. The fourth-order valence-corrected chi connectivity index (χ4v) is 1.39. The van der Waals surface area contributed by atoms with Crippen molar-refractivity contribution in [2.24, 2.45) is 0 Å². The van der Waals surface area contributed by atoms with Crippen molar-refractivity contribution in [2.45, 2.75) is 18.6 Å². The van der Waals surface area contributed by atoms with Crippen LogP contribution in [0.25, 0.3) is 0 Å². The summed E-state index contributed by atoms with van der Waals surface area (Å²) >= 11 is 0. The summed E-state index contributed by atoms with van der Waals surface area (Å²) in [5.41, 5.74) is 2.58. The average Bonchev–Trinajstić information content (AvgIpc) is 2.26. The molecule has 0 aromatic carbocycles. The van der Waals surface area contributed by atoms with Crippen molar-refractivity contribution < 1.29 is 9.23 Å². The van der Waals surface area contributed by atoms with Gasteiger partial charge in [-0.05, 0) is 13.5 Å². The first-order valence-corrected chi connectivity index (χ1v) is 3.87. The highest BCUT2D eigenvalue weighted by Gasteiger charge is 2.29. The zero-order chi connectivity index (χ0) is 8.27. The van der Waals surface area contributed by atoms with E-state index in [2.05, 4.69) is 5.48 Å². The number of likely N-dealkylation sites (N-methyl/N-ethyl adjacent to an activating group) is 1. The van der Waals surface area contributed by atoms with Crippen molar-refractivity contribution in [2.75, 3.05) is 27.2 Å². The summed E-state index contributed by atoms with van der Waals surface area (Å²) in [6, 6.07) is 0.234. The van der Waals surface area contributed by atoms with Crippen molar-refractivity contribution in [3.63, 3.8) is 0 Å². The van der Waals surface area contributed by atoms with Gasteiger partial charge in [0.05, 0.1) is 6.61 Å².